The molecule has 1 amide bonds. The van der Waals surface area contributed by atoms with Crippen LogP contribution in [0.2, 0.25) is 0 Å². The maximum Gasteiger partial charge on any atom is 0.255 e. The summed E-state index contributed by atoms with van der Waals surface area (Å²) in [4.78, 5) is 18.7. The van der Waals surface area contributed by atoms with Gasteiger partial charge in [0.1, 0.15) is 11.3 Å². The summed E-state index contributed by atoms with van der Waals surface area (Å²) < 4.78 is 14.1. The van der Waals surface area contributed by atoms with Crippen molar-refractivity contribution in [2.75, 3.05) is 24.3 Å². The normalized spacial score (nSPS) is 10.9. The van der Waals surface area contributed by atoms with Gasteiger partial charge in [-0.15, -0.1) is 0 Å². The molecule has 146 valence electrons. The highest BCUT2D eigenvalue weighted by Crippen LogP contribution is 2.27. The fraction of sp³-hybridized carbons (Fsp3) is 0.0909. The Balaban J connectivity index is 1.58. The van der Waals surface area contributed by atoms with Gasteiger partial charge in [-0.05, 0) is 66.7 Å². The predicted octanol–water partition coefficient (Wildman–Crippen LogP) is 4.40. The number of aromatic nitrogens is 2. The molecule has 3 aromatic carbocycles. The third-order valence-electron chi connectivity index (χ3n) is 4.64. The first kappa shape index (κ1) is 18.5. The number of amides is 1. The number of halogens is 1. The number of carbonyl (C=O) groups is 1. The van der Waals surface area contributed by atoms with Gasteiger partial charge in [-0.2, -0.15) is 4.73 Å². The van der Waals surface area contributed by atoms with Crippen molar-refractivity contribution >= 4 is 28.3 Å². The Morgan fingerprint density at radius 1 is 1.03 bits per heavy atom. The first-order valence-corrected chi connectivity index (χ1v) is 8.99. The molecule has 0 radical (unpaired) electrons. The van der Waals surface area contributed by atoms with Crippen LogP contribution in [0.15, 0.2) is 66.7 Å². The summed E-state index contributed by atoms with van der Waals surface area (Å²) in [6.45, 7) is 0. The number of benzene rings is 3. The van der Waals surface area contributed by atoms with Crippen LogP contribution in [0.4, 0.5) is 15.8 Å². The summed E-state index contributed by atoms with van der Waals surface area (Å²) in [6, 6.07) is 18.0. The van der Waals surface area contributed by atoms with Crippen molar-refractivity contribution in [3.8, 4) is 11.4 Å². The van der Waals surface area contributed by atoms with E-state index in [2.05, 4.69) is 10.3 Å². The van der Waals surface area contributed by atoms with Crippen LogP contribution in [-0.2, 0) is 0 Å². The van der Waals surface area contributed by atoms with Gasteiger partial charge in [-0.1, -0.05) is 0 Å². The van der Waals surface area contributed by atoms with Crippen LogP contribution in [0.25, 0.3) is 22.4 Å². The molecule has 0 spiro atoms. The van der Waals surface area contributed by atoms with E-state index in [1.807, 2.05) is 37.2 Å². The maximum atomic E-state index is 13.0. The number of hydrogen-bond donors (Lipinski definition) is 2. The molecule has 29 heavy (non-hydrogen) atoms. The Labute approximate surface area is 166 Å². The van der Waals surface area contributed by atoms with Crippen molar-refractivity contribution in [3.05, 3.63) is 78.1 Å². The lowest BCUT2D eigenvalue weighted by Crippen LogP contribution is -2.11. The van der Waals surface area contributed by atoms with E-state index in [-0.39, 0.29) is 5.91 Å². The van der Waals surface area contributed by atoms with Gasteiger partial charge in [0.2, 0.25) is 0 Å². The van der Waals surface area contributed by atoms with E-state index in [1.54, 1.807) is 24.3 Å². The molecule has 1 aromatic heterocycles. The van der Waals surface area contributed by atoms with Crippen LogP contribution in [0.5, 0.6) is 0 Å². The van der Waals surface area contributed by atoms with Crippen molar-refractivity contribution in [3.63, 3.8) is 0 Å². The quantitative estimate of drug-likeness (QED) is 0.507. The lowest BCUT2D eigenvalue weighted by molar-refractivity contribution is 0.102. The van der Waals surface area contributed by atoms with Crippen molar-refractivity contribution in [1.29, 1.82) is 0 Å². The largest absolute Gasteiger partial charge is 0.426 e. The molecule has 0 aliphatic rings. The van der Waals surface area contributed by atoms with Crippen LogP contribution in [0, 0.1) is 5.82 Å². The molecule has 0 fully saturated rings. The average Bonchev–Trinajstić information content (AvgIpc) is 3.05. The van der Waals surface area contributed by atoms with Gasteiger partial charge in [-0.25, -0.2) is 9.37 Å². The molecule has 6 nitrogen and oxygen atoms in total. The molecule has 7 heteroatoms. The number of imidazole rings is 1. The summed E-state index contributed by atoms with van der Waals surface area (Å²) in [6.07, 6.45) is 0. The molecular weight excluding hydrogens is 371 g/mol. The second-order valence-corrected chi connectivity index (χ2v) is 6.85. The molecule has 0 unspecified atom stereocenters. The van der Waals surface area contributed by atoms with E-state index in [4.69, 9.17) is 0 Å². The van der Waals surface area contributed by atoms with Gasteiger partial charge in [-0.3, -0.25) is 4.79 Å². The van der Waals surface area contributed by atoms with Crippen molar-refractivity contribution in [1.82, 2.24) is 9.71 Å². The Hall–Kier alpha value is -3.87. The topological polar surface area (TPSA) is 70.4 Å². The highest BCUT2D eigenvalue weighted by Gasteiger charge is 2.13. The van der Waals surface area contributed by atoms with Crippen molar-refractivity contribution < 1.29 is 14.4 Å². The SMILES string of the molecule is CN(C)c1ccc2nc(-c3ccc(NC(=O)c4ccc(F)cc4)cc3)n(O)c2c1. The second-order valence-electron chi connectivity index (χ2n) is 6.85. The predicted molar refractivity (Wildman–Crippen MR) is 111 cm³/mol. The van der Waals surface area contributed by atoms with E-state index in [9.17, 15) is 14.4 Å². The summed E-state index contributed by atoms with van der Waals surface area (Å²) in [5.41, 5.74) is 3.90. The number of carbonyl (C=O) groups excluding carboxylic acids is 1. The molecule has 0 bridgehead atoms. The summed E-state index contributed by atoms with van der Waals surface area (Å²) in [5, 5.41) is 13.3. The molecule has 1 heterocycles. The van der Waals surface area contributed by atoms with E-state index >= 15 is 0 Å². The highest BCUT2D eigenvalue weighted by molar-refractivity contribution is 6.04. The molecule has 2 N–H and O–H groups in total. The minimum atomic E-state index is -0.393. The maximum absolute atomic E-state index is 13.0. The van der Waals surface area contributed by atoms with E-state index in [0.717, 1.165) is 10.4 Å². The molecule has 0 aliphatic carbocycles. The highest BCUT2D eigenvalue weighted by atomic mass is 19.1. The zero-order valence-electron chi connectivity index (χ0n) is 15.9. The van der Waals surface area contributed by atoms with Crippen molar-refractivity contribution in [2.45, 2.75) is 0 Å². The van der Waals surface area contributed by atoms with Gasteiger partial charge >= 0.3 is 0 Å². The van der Waals surface area contributed by atoms with E-state index < -0.39 is 5.82 Å². The molecule has 0 aliphatic heterocycles. The Kier molecular flexibility index (Phi) is 4.64. The number of nitrogens with one attached hydrogen (secondary N) is 1. The summed E-state index contributed by atoms with van der Waals surface area (Å²) in [5.74, 6) is -0.314. The number of fused-ring (bicyclic) bond motifs is 1. The van der Waals surface area contributed by atoms with E-state index in [0.29, 0.717) is 33.7 Å². The van der Waals surface area contributed by atoms with Gasteiger partial charge < -0.3 is 15.4 Å². The smallest absolute Gasteiger partial charge is 0.255 e. The van der Waals surface area contributed by atoms with Gasteiger partial charge in [0, 0.05) is 36.6 Å². The van der Waals surface area contributed by atoms with Crippen molar-refractivity contribution in [2.24, 2.45) is 0 Å². The van der Waals surface area contributed by atoms with Crippen LogP contribution < -0.4 is 10.2 Å². The Morgan fingerprint density at radius 2 is 1.72 bits per heavy atom. The average molecular weight is 390 g/mol. The molecule has 4 aromatic rings. The molecular formula is C22H19FN4O2. The zero-order chi connectivity index (χ0) is 20.5. The minimum Gasteiger partial charge on any atom is -0.426 e. The van der Waals surface area contributed by atoms with Crippen LogP contribution in [0.3, 0.4) is 0 Å². The lowest BCUT2D eigenvalue weighted by atomic mass is 10.1. The van der Waals surface area contributed by atoms with Gasteiger partial charge in [0.05, 0.1) is 5.52 Å². The standard InChI is InChI=1S/C22H19FN4O2/c1-26(2)18-11-12-19-20(13-18)27(29)21(25-19)14-5-9-17(10-6-14)24-22(28)15-3-7-16(23)8-4-15/h3-13,29H,1-2H3,(H,24,28). The summed E-state index contributed by atoms with van der Waals surface area (Å²) in [7, 11) is 3.86. The van der Waals surface area contributed by atoms with Crippen LogP contribution in [0.1, 0.15) is 10.4 Å². The zero-order valence-corrected chi connectivity index (χ0v) is 15.9. The lowest BCUT2D eigenvalue weighted by Gasteiger charge is -2.11. The number of rotatable bonds is 4. The number of hydrogen-bond acceptors (Lipinski definition) is 4. The van der Waals surface area contributed by atoms with Crippen LogP contribution in [-0.4, -0.2) is 34.9 Å². The molecule has 0 saturated carbocycles. The number of nitrogens with zero attached hydrogens (tertiary/aromatic N) is 3. The fourth-order valence-corrected chi connectivity index (χ4v) is 3.02. The Bertz CT molecular complexity index is 1180. The molecule has 4 rings (SSSR count). The molecule has 0 saturated heterocycles. The second kappa shape index (κ2) is 7.27. The minimum absolute atomic E-state index is 0.330. The fourth-order valence-electron chi connectivity index (χ4n) is 3.02. The Morgan fingerprint density at radius 3 is 2.38 bits per heavy atom. The molecule has 0 atom stereocenters. The van der Waals surface area contributed by atoms with Gasteiger partial charge in [0.25, 0.3) is 5.91 Å². The van der Waals surface area contributed by atoms with Gasteiger partial charge in [0.15, 0.2) is 5.82 Å². The first-order chi connectivity index (χ1) is 13.9. The number of anilines is 2. The van der Waals surface area contributed by atoms with E-state index in [1.165, 1.54) is 24.3 Å². The third kappa shape index (κ3) is 3.62. The third-order valence-corrected chi connectivity index (χ3v) is 4.64. The van der Waals surface area contributed by atoms with Crippen LogP contribution >= 0.6 is 0 Å². The first-order valence-electron chi connectivity index (χ1n) is 8.99. The monoisotopic (exact) mass is 390 g/mol. The summed E-state index contributed by atoms with van der Waals surface area (Å²) >= 11 is 0.